The largest absolute Gasteiger partial charge is 0.398 e. The molecule has 0 saturated heterocycles. The zero-order valence-corrected chi connectivity index (χ0v) is 8.19. The molecular formula is C10H10F2N2O2. The summed E-state index contributed by atoms with van der Waals surface area (Å²) in [6.45, 7) is 0. The molecule has 1 aromatic carbocycles. The van der Waals surface area contributed by atoms with Crippen LogP contribution in [0.25, 0.3) is 0 Å². The number of nitriles is 1. The fraction of sp³-hybridized carbons (Fsp3) is 0.300. The molecule has 0 saturated carbocycles. The van der Waals surface area contributed by atoms with E-state index in [0.717, 1.165) is 0 Å². The van der Waals surface area contributed by atoms with E-state index in [0.29, 0.717) is 12.1 Å². The number of aliphatic hydroxyl groups is 2. The van der Waals surface area contributed by atoms with Crippen LogP contribution in [0.3, 0.4) is 0 Å². The maximum atomic E-state index is 12.9. The van der Waals surface area contributed by atoms with Gasteiger partial charge in [0.25, 0.3) is 0 Å². The van der Waals surface area contributed by atoms with Gasteiger partial charge in [-0.05, 0) is 6.07 Å². The number of halogens is 2. The Morgan fingerprint density at radius 3 is 2.44 bits per heavy atom. The molecule has 1 aromatic rings. The van der Waals surface area contributed by atoms with E-state index in [2.05, 4.69) is 0 Å². The Balaban J connectivity index is 3.04. The molecule has 0 bridgehead atoms. The van der Waals surface area contributed by atoms with Crippen LogP contribution in [-0.4, -0.2) is 16.3 Å². The molecule has 6 heteroatoms. The molecule has 0 amide bonds. The van der Waals surface area contributed by atoms with Gasteiger partial charge in [0.1, 0.15) is 6.10 Å². The van der Waals surface area contributed by atoms with Gasteiger partial charge in [0, 0.05) is 17.3 Å². The molecule has 2 atom stereocenters. The van der Waals surface area contributed by atoms with E-state index in [9.17, 15) is 19.0 Å². The summed E-state index contributed by atoms with van der Waals surface area (Å²) in [6.07, 6.45) is -3.24. The first-order valence-corrected chi connectivity index (χ1v) is 4.45. The van der Waals surface area contributed by atoms with E-state index in [-0.39, 0.29) is 17.7 Å². The Labute approximate surface area is 90.5 Å². The molecule has 16 heavy (non-hydrogen) atoms. The molecule has 4 N–H and O–H groups in total. The van der Waals surface area contributed by atoms with Crippen LogP contribution in [0.4, 0.5) is 14.5 Å². The molecule has 0 aliphatic carbocycles. The van der Waals surface area contributed by atoms with Crippen LogP contribution in [0.1, 0.15) is 18.1 Å². The van der Waals surface area contributed by atoms with Crippen LogP contribution >= 0.6 is 0 Å². The fourth-order valence-electron chi connectivity index (χ4n) is 1.25. The zero-order valence-electron chi connectivity index (χ0n) is 8.19. The van der Waals surface area contributed by atoms with Gasteiger partial charge >= 0.3 is 0 Å². The minimum absolute atomic E-state index is 0.137. The third-order valence-electron chi connectivity index (χ3n) is 2.11. The lowest BCUT2D eigenvalue weighted by Gasteiger charge is -2.17. The topological polar surface area (TPSA) is 90.3 Å². The van der Waals surface area contributed by atoms with Gasteiger partial charge in [-0.3, -0.25) is 0 Å². The summed E-state index contributed by atoms with van der Waals surface area (Å²) in [7, 11) is 0. The number of hydrogen-bond acceptors (Lipinski definition) is 4. The van der Waals surface area contributed by atoms with Crippen LogP contribution in [0, 0.1) is 23.0 Å². The highest BCUT2D eigenvalue weighted by atomic mass is 19.2. The highest BCUT2D eigenvalue weighted by Gasteiger charge is 2.22. The van der Waals surface area contributed by atoms with Gasteiger partial charge in [-0.15, -0.1) is 0 Å². The first-order chi connectivity index (χ1) is 7.47. The number of hydrogen-bond donors (Lipinski definition) is 3. The second-order valence-electron chi connectivity index (χ2n) is 3.27. The van der Waals surface area contributed by atoms with Gasteiger partial charge in [-0.25, -0.2) is 8.78 Å². The average Bonchev–Trinajstić information content (AvgIpc) is 2.23. The third kappa shape index (κ3) is 2.45. The van der Waals surface area contributed by atoms with E-state index in [1.807, 2.05) is 0 Å². The Morgan fingerprint density at radius 1 is 1.31 bits per heavy atom. The summed E-state index contributed by atoms with van der Waals surface area (Å²) in [5.41, 5.74) is 5.05. The Kier molecular flexibility index (Phi) is 3.77. The number of aliphatic hydroxyl groups excluding tert-OH is 2. The molecule has 1 rings (SSSR count). The second-order valence-corrected chi connectivity index (χ2v) is 3.27. The molecule has 0 heterocycles. The summed E-state index contributed by atoms with van der Waals surface area (Å²) in [5.74, 6) is -2.31. The lowest BCUT2D eigenvalue weighted by atomic mass is 10.0. The summed E-state index contributed by atoms with van der Waals surface area (Å²) in [5, 5.41) is 27.2. The minimum atomic E-state index is -1.52. The van der Waals surface area contributed by atoms with Crippen molar-refractivity contribution >= 4 is 5.69 Å². The molecule has 0 spiro atoms. The monoisotopic (exact) mass is 228 g/mol. The van der Waals surface area contributed by atoms with Crippen molar-refractivity contribution in [2.45, 2.75) is 18.6 Å². The molecule has 0 aliphatic rings. The summed E-state index contributed by atoms with van der Waals surface area (Å²) >= 11 is 0. The Bertz CT molecular complexity index is 432. The maximum absolute atomic E-state index is 12.9. The second kappa shape index (κ2) is 4.88. The van der Waals surface area contributed by atoms with Gasteiger partial charge in [-0.2, -0.15) is 5.26 Å². The van der Waals surface area contributed by atoms with E-state index in [1.54, 1.807) is 6.07 Å². The smallest absolute Gasteiger partial charge is 0.160 e. The number of benzene rings is 1. The SMILES string of the molecule is N#CCC(O)C(O)c1cc(F)c(F)cc1N. The van der Waals surface area contributed by atoms with Crippen LogP contribution in [0.5, 0.6) is 0 Å². The van der Waals surface area contributed by atoms with Crippen molar-refractivity contribution in [3.05, 3.63) is 29.3 Å². The van der Waals surface area contributed by atoms with Crippen molar-refractivity contribution in [1.29, 1.82) is 5.26 Å². The maximum Gasteiger partial charge on any atom is 0.160 e. The van der Waals surface area contributed by atoms with Crippen molar-refractivity contribution in [1.82, 2.24) is 0 Å². The van der Waals surface area contributed by atoms with Gasteiger partial charge in [0.15, 0.2) is 11.6 Å². The summed E-state index contributed by atoms with van der Waals surface area (Å²) < 4.78 is 25.6. The highest BCUT2D eigenvalue weighted by Crippen LogP contribution is 2.26. The Hall–Kier alpha value is -1.71. The van der Waals surface area contributed by atoms with Crippen molar-refractivity contribution in [3.8, 4) is 6.07 Å². The van der Waals surface area contributed by atoms with Gasteiger partial charge in [0.2, 0.25) is 0 Å². The number of nitrogens with zero attached hydrogens (tertiary/aromatic N) is 1. The summed E-state index contributed by atoms with van der Waals surface area (Å²) in [6, 6.07) is 3.06. The standard InChI is InChI=1S/C10H10F2N2O2/c11-6-3-5(8(14)4-7(6)12)10(16)9(15)1-2-13/h3-4,9-10,15-16H,1,14H2. The fourth-order valence-corrected chi connectivity index (χ4v) is 1.25. The molecule has 0 fully saturated rings. The number of nitrogen functional groups attached to an aromatic ring is 1. The number of anilines is 1. The van der Waals surface area contributed by atoms with E-state index in [1.165, 1.54) is 0 Å². The van der Waals surface area contributed by atoms with Crippen molar-refractivity contribution in [2.24, 2.45) is 0 Å². The Morgan fingerprint density at radius 2 is 1.88 bits per heavy atom. The van der Waals surface area contributed by atoms with Crippen LogP contribution < -0.4 is 5.73 Å². The van der Waals surface area contributed by atoms with Crippen molar-refractivity contribution < 1.29 is 19.0 Å². The molecular weight excluding hydrogens is 218 g/mol. The first kappa shape index (κ1) is 12.4. The van der Waals surface area contributed by atoms with E-state index >= 15 is 0 Å². The number of rotatable bonds is 3. The van der Waals surface area contributed by atoms with Crippen LogP contribution in [0.2, 0.25) is 0 Å². The number of nitrogens with two attached hydrogens (primary N) is 1. The molecule has 2 unspecified atom stereocenters. The molecule has 4 nitrogen and oxygen atoms in total. The molecule has 0 aliphatic heterocycles. The van der Waals surface area contributed by atoms with Crippen LogP contribution in [0.15, 0.2) is 12.1 Å². The minimum Gasteiger partial charge on any atom is -0.398 e. The van der Waals surface area contributed by atoms with Crippen LogP contribution in [-0.2, 0) is 0 Å². The summed E-state index contributed by atoms with van der Waals surface area (Å²) in [4.78, 5) is 0. The van der Waals surface area contributed by atoms with Crippen molar-refractivity contribution in [2.75, 3.05) is 5.73 Å². The molecule has 86 valence electrons. The van der Waals surface area contributed by atoms with Gasteiger partial charge in [-0.1, -0.05) is 0 Å². The molecule has 0 radical (unpaired) electrons. The average molecular weight is 228 g/mol. The van der Waals surface area contributed by atoms with Gasteiger partial charge < -0.3 is 15.9 Å². The normalized spacial score (nSPS) is 14.2. The van der Waals surface area contributed by atoms with E-state index < -0.39 is 23.8 Å². The third-order valence-corrected chi connectivity index (χ3v) is 2.11. The quantitative estimate of drug-likeness (QED) is 0.669. The lowest BCUT2D eigenvalue weighted by Crippen LogP contribution is -2.19. The van der Waals surface area contributed by atoms with Gasteiger partial charge in [0.05, 0.1) is 18.6 Å². The lowest BCUT2D eigenvalue weighted by molar-refractivity contribution is 0.0218. The highest BCUT2D eigenvalue weighted by molar-refractivity contribution is 5.48. The predicted octanol–water partition coefficient (Wildman–Crippen LogP) is 0.855. The zero-order chi connectivity index (χ0) is 12.3. The molecule has 0 aromatic heterocycles. The van der Waals surface area contributed by atoms with E-state index in [4.69, 9.17) is 11.0 Å². The predicted molar refractivity (Wildman–Crippen MR) is 52.0 cm³/mol. The van der Waals surface area contributed by atoms with Crippen molar-refractivity contribution in [3.63, 3.8) is 0 Å². The first-order valence-electron chi connectivity index (χ1n) is 4.45.